The van der Waals surface area contributed by atoms with Crippen LogP contribution in [0.25, 0.3) is 0 Å². The number of carbonyl (C=O) groups excluding carboxylic acids is 1. The molecule has 1 fully saturated rings. The third-order valence-electron chi connectivity index (χ3n) is 4.45. The number of nitrogens with one attached hydrogen (secondary N) is 1. The van der Waals surface area contributed by atoms with Crippen LogP contribution >= 0.6 is 0 Å². The highest BCUT2D eigenvalue weighted by atomic mass is 32.2. The number of rotatable bonds is 4. The van der Waals surface area contributed by atoms with Crippen molar-refractivity contribution in [3.05, 3.63) is 47.3 Å². The number of aryl methyl sites for hydroxylation is 2. The van der Waals surface area contributed by atoms with Crippen molar-refractivity contribution in [2.75, 3.05) is 23.9 Å². The average molecular weight is 374 g/mol. The number of amides is 1. The molecule has 1 N–H and O–H groups in total. The average Bonchev–Trinajstić information content (AvgIpc) is 2.93. The van der Waals surface area contributed by atoms with Gasteiger partial charge in [0.15, 0.2) is 9.84 Å². The van der Waals surface area contributed by atoms with Crippen LogP contribution in [0.15, 0.2) is 30.6 Å². The van der Waals surface area contributed by atoms with Crippen LogP contribution in [0.4, 0.5) is 11.6 Å². The maximum atomic E-state index is 12.5. The van der Waals surface area contributed by atoms with Gasteiger partial charge in [0.2, 0.25) is 5.95 Å². The fraction of sp³-hybridized carbons (Fsp3) is 0.389. The lowest BCUT2D eigenvalue weighted by atomic mass is 10.1. The zero-order valence-electron chi connectivity index (χ0n) is 15.1. The predicted molar refractivity (Wildman–Crippen MR) is 100 cm³/mol. The quantitative estimate of drug-likeness (QED) is 0.881. The Morgan fingerprint density at radius 1 is 1.15 bits per heavy atom. The van der Waals surface area contributed by atoms with Crippen molar-refractivity contribution >= 4 is 27.4 Å². The number of nitrogens with zero attached hydrogens (tertiary/aromatic N) is 3. The van der Waals surface area contributed by atoms with Crippen LogP contribution in [0, 0.1) is 13.8 Å². The molecule has 1 aliphatic heterocycles. The summed E-state index contributed by atoms with van der Waals surface area (Å²) < 4.78 is 23.2. The van der Waals surface area contributed by atoms with Crippen molar-refractivity contribution in [2.24, 2.45) is 0 Å². The van der Waals surface area contributed by atoms with Crippen LogP contribution in [0.1, 0.15) is 27.9 Å². The number of benzene rings is 1. The van der Waals surface area contributed by atoms with Gasteiger partial charge in [0.1, 0.15) is 0 Å². The summed E-state index contributed by atoms with van der Waals surface area (Å²) in [5, 5.41) is 3.12. The van der Waals surface area contributed by atoms with Crippen LogP contribution in [0.5, 0.6) is 0 Å². The Hall–Kier alpha value is -2.48. The summed E-state index contributed by atoms with van der Waals surface area (Å²) in [6.07, 6.45) is 3.39. The Morgan fingerprint density at radius 2 is 1.77 bits per heavy atom. The first-order chi connectivity index (χ1) is 12.2. The molecule has 3 rings (SSSR count). The number of sulfone groups is 1. The summed E-state index contributed by atoms with van der Waals surface area (Å²) in [6, 6.07) is 5.76. The van der Waals surface area contributed by atoms with Gasteiger partial charge in [-0.3, -0.25) is 4.79 Å². The van der Waals surface area contributed by atoms with Crippen LogP contribution in [0.3, 0.4) is 0 Å². The molecule has 1 amide bonds. The van der Waals surface area contributed by atoms with E-state index in [0.29, 0.717) is 17.9 Å². The van der Waals surface area contributed by atoms with E-state index in [1.807, 2.05) is 26.0 Å². The number of carbonyl (C=O) groups is 1. The van der Waals surface area contributed by atoms with Gasteiger partial charge < -0.3 is 10.2 Å². The smallest absolute Gasteiger partial charge is 0.257 e. The minimum absolute atomic E-state index is 0.0163. The van der Waals surface area contributed by atoms with Gasteiger partial charge in [-0.2, -0.15) is 0 Å². The second-order valence-corrected chi connectivity index (χ2v) is 9.00. The van der Waals surface area contributed by atoms with E-state index >= 15 is 0 Å². The van der Waals surface area contributed by atoms with Gasteiger partial charge in [-0.15, -0.1) is 0 Å². The highest BCUT2D eigenvalue weighted by Gasteiger charge is 2.33. The number of hydrogen-bond donors (Lipinski definition) is 1. The zero-order chi connectivity index (χ0) is 18.9. The van der Waals surface area contributed by atoms with Crippen LogP contribution in [-0.2, 0) is 9.84 Å². The van der Waals surface area contributed by atoms with Crippen molar-refractivity contribution in [3.8, 4) is 0 Å². The Labute approximate surface area is 153 Å². The van der Waals surface area contributed by atoms with Gasteiger partial charge in [-0.25, -0.2) is 18.4 Å². The SMILES string of the molecule is Cc1cc(C)cc(Nc2ncc(C(=O)N(C)C3CCS(=O)(=O)C3)cn2)c1. The van der Waals surface area contributed by atoms with Crippen molar-refractivity contribution in [1.82, 2.24) is 14.9 Å². The third kappa shape index (κ3) is 4.19. The largest absolute Gasteiger partial charge is 0.338 e. The molecular weight excluding hydrogens is 352 g/mol. The Morgan fingerprint density at radius 3 is 2.31 bits per heavy atom. The standard InChI is InChI=1S/C18H22N4O3S/c1-12-6-13(2)8-15(7-12)21-18-19-9-14(10-20-18)17(23)22(3)16-4-5-26(24,25)11-16/h6-10,16H,4-5,11H2,1-3H3,(H,19,20,21). The minimum Gasteiger partial charge on any atom is -0.338 e. The number of anilines is 2. The summed E-state index contributed by atoms with van der Waals surface area (Å²) in [5.41, 5.74) is 3.48. The number of aromatic nitrogens is 2. The van der Waals surface area contributed by atoms with E-state index in [-0.39, 0.29) is 23.5 Å². The maximum absolute atomic E-state index is 12.5. The van der Waals surface area contributed by atoms with E-state index in [9.17, 15) is 13.2 Å². The summed E-state index contributed by atoms with van der Waals surface area (Å²) in [4.78, 5) is 22.4. The lowest BCUT2D eigenvalue weighted by Crippen LogP contribution is -2.37. The molecule has 1 aromatic carbocycles. The highest BCUT2D eigenvalue weighted by molar-refractivity contribution is 7.91. The first kappa shape index (κ1) is 18.3. The van der Waals surface area contributed by atoms with E-state index in [4.69, 9.17) is 0 Å². The molecule has 0 saturated carbocycles. The molecule has 7 nitrogen and oxygen atoms in total. The molecule has 138 valence electrons. The zero-order valence-corrected chi connectivity index (χ0v) is 15.9. The van der Waals surface area contributed by atoms with Crippen molar-refractivity contribution in [2.45, 2.75) is 26.3 Å². The van der Waals surface area contributed by atoms with Crippen LogP contribution < -0.4 is 5.32 Å². The molecule has 26 heavy (non-hydrogen) atoms. The van der Waals surface area contributed by atoms with Gasteiger partial charge in [0, 0.05) is 31.2 Å². The van der Waals surface area contributed by atoms with Gasteiger partial charge >= 0.3 is 0 Å². The van der Waals surface area contributed by atoms with Crippen molar-refractivity contribution in [1.29, 1.82) is 0 Å². The molecule has 1 unspecified atom stereocenters. The normalized spacial score (nSPS) is 18.5. The molecule has 0 bridgehead atoms. The topological polar surface area (TPSA) is 92.3 Å². The Kier molecular flexibility index (Phi) is 4.95. The van der Waals surface area contributed by atoms with E-state index < -0.39 is 9.84 Å². The Balaban J connectivity index is 1.69. The van der Waals surface area contributed by atoms with Gasteiger partial charge in [-0.05, 0) is 43.5 Å². The summed E-state index contributed by atoms with van der Waals surface area (Å²) in [5.74, 6) is 0.273. The summed E-state index contributed by atoms with van der Waals surface area (Å²) >= 11 is 0. The molecule has 2 heterocycles. The molecule has 1 saturated heterocycles. The van der Waals surface area contributed by atoms with Crippen LogP contribution in [0.2, 0.25) is 0 Å². The van der Waals surface area contributed by atoms with Crippen LogP contribution in [-0.4, -0.2) is 53.8 Å². The van der Waals surface area contributed by atoms with E-state index in [1.54, 1.807) is 7.05 Å². The van der Waals surface area contributed by atoms with E-state index in [2.05, 4.69) is 21.4 Å². The molecule has 0 aliphatic carbocycles. The van der Waals surface area contributed by atoms with Gasteiger partial charge in [-0.1, -0.05) is 6.07 Å². The molecule has 1 atom stereocenters. The first-order valence-corrected chi connectivity index (χ1v) is 10.2. The van der Waals surface area contributed by atoms with Gasteiger partial charge in [0.05, 0.1) is 17.1 Å². The summed E-state index contributed by atoms with van der Waals surface area (Å²) in [7, 11) is -1.42. The first-order valence-electron chi connectivity index (χ1n) is 8.38. The molecule has 8 heteroatoms. The lowest BCUT2D eigenvalue weighted by Gasteiger charge is -2.23. The Bertz CT molecular complexity index is 906. The third-order valence-corrected chi connectivity index (χ3v) is 6.20. The molecular formula is C18H22N4O3S. The van der Waals surface area contributed by atoms with E-state index in [0.717, 1.165) is 16.8 Å². The van der Waals surface area contributed by atoms with Gasteiger partial charge in [0.25, 0.3) is 5.91 Å². The van der Waals surface area contributed by atoms with E-state index in [1.165, 1.54) is 17.3 Å². The summed E-state index contributed by atoms with van der Waals surface area (Å²) in [6.45, 7) is 4.03. The lowest BCUT2D eigenvalue weighted by molar-refractivity contribution is 0.0747. The second-order valence-electron chi connectivity index (χ2n) is 6.77. The molecule has 0 spiro atoms. The maximum Gasteiger partial charge on any atom is 0.257 e. The fourth-order valence-corrected chi connectivity index (χ4v) is 4.90. The molecule has 1 aliphatic rings. The second kappa shape index (κ2) is 7.03. The van der Waals surface area contributed by atoms with Crippen molar-refractivity contribution < 1.29 is 13.2 Å². The van der Waals surface area contributed by atoms with Crippen molar-refractivity contribution in [3.63, 3.8) is 0 Å². The monoisotopic (exact) mass is 374 g/mol. The fourth-order valence-electron chi connectivity index (χ4n) is 3.13. The molecule has 1 aromatic heterocycles. The highest BCUT2D eigenvalue weighted by Crippen LogP contribution is 2.19. The predicted octanol–water partition coefficient (Wildman–Crippen LogP) is 2.10. The minimum atomic E-state index is -3.04. The number of hydrogen-bond acceptors (Lipinski definition) is 6. The molecule has 2 aromatic rings. The molecule has 0 radical (unpaired) electrons.